The second kappa shape index (κ2) is 10.5. The number of ether oxygens (including phenoxy) is 1. The van der Waals surface area contributed by atoms with Crippen LogP contribution in [-0.4, -0.2) is 69.7 Å². The Balaban J connectivity index is 1.89. The molecule has 7 nitrogen and oxygen atoms in total. The van der Waals surface area contributed by atoms with E-state index in [1.165, 1.54) is 5.56 Å². The minimum absolute atomic E-state index is 0.0583. The van der Waals surface area contributed by atoms with Gasteiger partial charge in [0.05, 0.1) is 12.6 Å². The summed E-state index contributed by atoms with van der Waals surface area (Å²) < 4.78 is 6.32. The van der Waals surface area contributed by atoms with E-state index in [0.717, 1.165) is 12.1 Å². The van der Waals surface area contributed by atoms with Crippen LogP contribution in [0.5, 0.6) is 5.88 Å². The molecular weight excluding hydrogens is 392 g/mol. The number of hydrogen-bond acceptors (Lipinski definition) is 6. The van der Waals surface area contributed by atoms with Gasteiger partial charge in [0, 0.05) is 44.1 Å². The second-order valence-electron chi connectivity index (χ2n) is 8.30. The van der Waals surface area contributed by atoms with Gasteiger partial charge in [-0.2, -0.15) is 0 Å². The van der Waals surface area contributed by atoms with Crippen LogP contribution in [0.4, 0.5) is 0 Å². The van der Waals surface area contributed by atoms with Crippen molar-refractivity contribution < 1.29 is 14.6 Å². The summed E-state index contributed by atoms with van der Waals surface area (Å²) >= 11 is 0. The highest BCUT2D eigenvalue weighted by molar-refractivity contribution is 5.97. The number of amides is 1. The number of pyridine rings is 2. The fraction of sp³-hybridized carbons (Fsp3) is 0.458. The van der Waals surface area contributed by atoms with Gasteiger partial charge in [-0.25, -0.2) is 4.98 Å². The van der Waals surface area contributed by atoms with Gasteiger partial charge in [-0.3, -0.25) is 14.7 Å². The van der Waals surface area contributed by atoms with Gasteiger partial charge in [0.2, 0.25) is 5.88 Å². The van der Waals surface area contributed by atoms with E-state index < -0.39 is 0 Å². The molecule has 1 amide bonds. The summed E-state index contributed by atoms with van der Waals surface area (Å²) in [6.07, 6.45) is 8.95. The predicted molar refractivity (Wildman–Crippen MR) is 121 cm³/mol. The zero-order valence-corrected chi connectivity index (χ0v) is 18.7. The molecule has 1 N–H and O–H groups in total. The van der Waals surface area contributed by atoms with Gasteiger partial charge in [-0.15, -0.1) is 0 Å². The van der Waals surface area contributed by atoms with Crippen LogP contribution in [-0.2, 0) is 6.54 Å². The first kappa shape index (κ1) is 22.9. The number of aliphatic hydroxyl groups is 1. The molecule has 0 bridgehead atoms. The molecule has 1 aliphatic heterocycles. The minimum atomic E-state index is -0.290. The Labute approximate surface area is 184 Å². The molecule has 0 aliphatic carbocycles. The van der Waals surface area contributed by atoms with E-state index in [1.807, 2.05) is 44.2 Å². The molecule has 166 valence electrons. The average Bonchev–Trinajstić information content (AvgIpc) is 2.77. The summed E-state index contributed by atoms with van der Waals surface area (Å²) in [5.74, 6) is 0.246. The summed E-state index contributed by atoms with van der Waals surface area (Å²) in [6.45, 7) is 7.72. The predicted octanol–water partition coefficient (Wildman–Crippen LogP) is 2.86. The highest BCUT2D eigenvalue weighted by atomic mass is 16.5. The Morgan fingerprint density at radius 2 is 2.13 bits per heavy atom. The van der Waals surface area contributed by atoms with E-state index in [9.17, 15) is 9.90 Å². The molecule has 7 heteroatoms. The lowest BCUT2D eigenvalue weighted by molar-refractivity contribution is 0.0325. The van der Waals surface area contributed by atoms with Gasteiger partial charge in [0.25, 0.3) is 5.91 Å². The normalized spacial score (nSPS) is 20.3. The van der Waals surface area contributed by atoms with Crippen molar-refractivity contribution in [3.8, 4) is 5.88 Å². The van der Waals surface area contributed by atoms with Crippen molar-refractivity contribution in [3.63, 3.8) is 0 Å². The molecule has 1 aliphatic rings. The van der Waals surface area contributed by atoms with E-state index in [-0.39, 0.29) is 30.6 Å². The van der Waals surface area contributed by atoms with Crippen LogP contribution in [0.1, 0.15) is 42.3 Å². The van der Waals surface area contributed by atoms with E-state index in [1.54, 1.807) is 23.5 Å². The number of hydrogen-bond donors (Lipinski definition) is 1. The van der Waals surface area contributed by atoms with Gasteiger partial charge >= 0.3 is 0 Å². The molecule has 0 radical (unpaired) electrons. The van der Waals surface area contributed by atoms with Crippen LogP contribution in [0.15, 0.2) is 42.9 Å². The van der Waals surface area contributed by atoms with Crippen molar-refractivity contribution in [1.82, 2.24) is 19.8 Å². The van der Waals surface area contributed by atoms with E-state index >= 15 is 0 Å². The molecular formula is C24H32N4O3. The summed E-state index contributed by atoms with van der Waals surface area (Å²) in [6, 6.07) is 5.53. The smallest absolute Gasteiger partial charge is 0.259 e. The van der Waals surface area contributed by atoms with Crippen LogP contribution in [0.2, 0.25) is 0 Å². The van der Waals surface area contributed by atoms with Gasteiger partial charge < -0.3 is 14.7 Å². The second-order valence-corrected chi connectivity index (χ2v) is 8.30. The van der Waals surface area contributed by atoms with E-state index in [0.29, 0.717) is 24.5 Å². The molecule has 0 aromatic carbocycles. The number of allylic oxidation sites excluding steroid dienone is 1. The van der Waals surface area contributed by atoms with Crippen LogP contribution >= 0.6 is 0 Å². The molecule has 3 heterocycles. The summed E-state index contributed by atoms with van der Waals surface area (Å²) in [5, 5.41) is 9.75. The number of likely N-dealkylation sites (N-methyl/N-ethyl adjacent to an activating group) is 1. The van der Waals surface area contributed by atoms with Crippen LogP contribution in [0, 0.1) is 5.92 Å². The van der Waals surface area contributed by atoms with Gasteiger partial charge in [-0.05, 0) is 50.2 Å². The number of nitrogens with zero attached hydrogens (tertiary/aromatic N) is 4. The summed E-state index contributed by atoms with van der Waals surface area (Å²) in [5.41, 5.74) is 2.45. The Kier molecular flexibility index (Phi) is 7.76. The van der Waals surface area contributed by atoms with Gasteiger partial charge in [0.15, 0.2) is 0 Å². The molecule has 0 fully saturated rings. The molecule has 2 aromatic heterocycles. The van der Waals surface area contributed by atoms with Crippen molar-refractivity contribution in [2.24, 2.45) is 5.92 Å². The van der Waals surface area contributed by atoms with E-state index in [4.69, 9.17) is 4.74 Å². The third kappa shape index (κ3) is 5.68. The molecule has 0 saturated heterocycles. The summed E-state index contributed by atoms with van der Waals surface area (Å²) in [7, 11) is 2.05. The maximum atomic E-state index is 13.3. The maximum Gasteiger partial charge on any atom is 0.259 e. The molecule has 2 aromatic rings. The molecule has 0 spiro atoms. The number of fused-ring (bicyclic) bond motifs is 1. The Hall–Kier alpha value is -2.77. The number of carbonyl (C=O) groups excluding carboxylic acids is 1. The number of rotatable bonds is 7. The first-order valence-electron chi connectivity index (χ1n) is 10.7. The Morgan fingerprint density at radius 3 is 2.81 bits per heavy atom. The molecule has 3 rings (SSSR count). The lowest BCUT2D eigenvalue weighted by Crippen LogP contribution is -2.49. The quantitative estimate of drug-likeness (QED) is 0.736. The molecule has 0 unspecified atom stereocenters. The summed E-state index contributed by atoms with van der Waals surface area (Å²) in [4.78, 5) is 25.8. The number of carbonyl (C=O) groups is 1. The average molecular weight is 425 g/mol. The van der Waals surface area contributed by atoms with E-state index in [2.05, 4.69) is 28.8 Å². The Bertz CT molecular complexity index is 903. The number of aliphatic hydroxyl groups excluding tert-OH is 1. The van der Waals surface area contributed by atoms with Crippen LogP contribution in [0.25, 0.3) is 6.08 Å². The highest BCUT2D eigenvalue weighted by Gasteiger charge is 2.34. The lowest BCUT2D eigenvalue weighted by Gasteiger charge is -2.37. The lowest BCUT2D eigenvalue weighted by atomic mass is 9.99. The van der Waals surface area contributed by atoms with Crippen molar-refractivity contribution in [2.45, 2.75) is 39.5 Å². The fourth-order valence-corrected chi connectivity index (χ4v) is 3.79. The van der Waals surface area contributed by atoms with Crippen LogP contribution in [0.3, 0.4) is 0 Å². The van der Waals surface area contributed by atoms with Crippen molar-refractivity contribution >= 4 is 12.0 Å². The zero-order chi connectivity index (χ0) is 22.4. The van der Waals surface area contributed by atoms with Crippen LogP contribution < -0.4 is 4.74 Å². The van der Waals surface area contributed by atoms with Gasteiger partial charge in [-0.1, -0.05) is 19.1 Å². The largest absolute Gasteiger partial charge is 0.472 e. The van der Waals surface area contributed by atoms with Crippen molar-refractivity contribution in [3.05, 3.63) is 59.6 Å². The monoisotopic (exact) mass is 424 g/mol. The SMILES string of the molecule is C/C=C/c1cnc2c(c1)C(=O)N([C@H](C)CO)C[C@H](C)[C@H](CN(C)Cc1ccncc1)O2. The minimum Gasteiger partial charge on any atom is -0.472 e. The third-order valence-electron chi connectivity index (χ3n) is 5.59. The molecule has 0 saturated carbocycles. The van der Waals surface area contributed by atoms with Crippen molar-refractivity contribution in [2.75, 3.05) is 26.7 Å². The maximum absolute atomic E-state index is 13.3. The highest BCUT2D eigenvalue weighted by Crippen LogP contribution is 2.27. The molecule has 31 heavy (non-hydrogen) atoms. The first-order chi connectivity index (χ1) is 14.9. The Morgan fingerprint density at radius 1 is 1.39 bits per heavy atom. The zero-order valence-electron chi connectivity index (χ0n) is 18.7. The van der Waals surface area contributed by atoms with Gasteiger partial charge in [0.1, 0.15) is 11.7 Å². The fourth-order valence-electron chi connectivity index (χ4n) is 3.79. The number of aromatic nitrogens is 2. The third-order valence-corrected chi connectivity index (χ3v) is 5.59. The van der Waals surface area contributed by atoms with Crippen molar-refractivity contribution in [1.29, 1.82) is 0 Å². The standard InChI is InChI=1S/C24H32N4O3/c1-5-6-20-11-21-23(26-12-20)31-22(15-27(4)14-19-7-9-25-10-8-19)17(2)13-28(24(21)30)18(3)16-29/h5-12,17-18,22,29H,13-16H2,1-4H3/b6-5+/t17-,18+,22-/m0/s1. The molecule has 3 atom stereocenters. The topological polar surface area (TPSA) is 78.8 Å². The first-order valence-corrected chi connectivity index (χ1v) is 10.7.